The molecule has 5 nitrogen and oxygen atoms in total. The van der Waals surface area contributed by atoms with Crippen LogP contribution in [0.2, 0.25) is 0 Å². The molecule has 2 amide bonds. The number of amides is 2. The summed E-state index contributed by atoms with van der Waals surface area (Å²) in [6, 6.07) is 9.13. The van der Waals surface area contributed by atoms with Crippen LogP contribution in [0, 0.1) is 0 Å². The molecule has 0 aromatic heterocycles. The highest BCUT2D eigenvalue weighted by Gasteiger charge is 2.24. The minimum atomic E-state index is -0.608. The zero-order valence-corrected chi connectivity index (χ0v) is 11.5. The van der Waals surface area contributed by atoms with Crippen molar-refractivity contribution in [3.8, 4) is 0 Å². The number of rotatable bonds is 6. The molecule has 1 aromatic rings. The summed E-state index contributed by atoms with van der Waals surface area (Å²) < 4.78 is 0. The first-order valence-corrected chi connectivity index (χ1v) is 7.01. The number of nitrogens with two attached hydrogens (primary N) is 1. The Morgan fingerprint density at radius 1 is 1.20 bits per heavy atom. The van der Waals surface area contributed by atoms with Crippen LogP contribution in [-0.2, 0) is 16.1 Å². The molecular weight excluding hydrogens is 254 g/mol. The van der Waals surface area contributed by atoms with Crippen LogP contribution in [0.4, 0.5) is 0 Å². The van der Waals surface area contributed by atoms with E-state index in [4.69, 9.17) is 5.73 Å². The van der Waals surface area contributed by atoms with Crippen LogP contribution in [0.5, 0.6) is 0 Å². The van der Waals surface area contributed by atoms with Crippen molar-refractivity contribution in [2.75, 3.05) is 13.1 Å². The average molecular weight is 275 g/mol. The lowest BCUT2D eigenvalue weighted by atomic mass is 10.1. The second-order valence-electron chi connectivity index (χ2n) is 5.11. The Kier molecular flexibility index (Phi) is 5.12. The zero-order chi connectivity index (χ0) is 14.4. The first kappa shape index (κ1) is 14.5. The van der Waals surface area contributed by atoms with Gasteiger partial charge in [-0.05, 0) is 18.4 Å². The van der Waals surface area contributed by atoms with Crippen molar-refractivity contribution in [2.45, 2.75) is 31.8 Å². The highest BCUT2D eigenvalue weighted by Crippen LogP contribution is 2.10. The number of likely N-dealkylation sites (tertiary alicyclic amines) is 1. The van der Waals surface area contributed by atoms with E-state index in [1.807, 2.05) is 30.3 Å². The van der Waals surface area contributed by atoms with Gasteiger partial charge in [0, 0.05) is 19.6 Å². The molecule has 108 valence electrons. The molecule has 5 heteroatoms. The Balaban J connectivity index is 1.87. The third-order valence-corrected chi connectivity index (χ3v) is 3.58. The third-order valence-electron chi connectivity index (χ3n) is 3.58. The summed E-state index contributed by atoms with van der Waals surface area (Å²) in [6.45, 7) is 2.12. The number of carbonyl (C=O) groups excluding carboxylic acids is 2. The van der Waals surface area contributed by atoms with Crippen molar-refractivity contribution in [1.29, 1.82) is 0 Å². The second-order valence-corrected chi connectivity index (χ2v) is 5.11. The molecule has 0 spiro atoms. The first-order chi connectivity index (χ1) is 9.66. The van der Waals surface area contributed by atoms with Crippen molar-refractivity contribution in [2.24, 2.45) is 5.73 Å². The summed E-state index contributed by atoms with van der Waals surface area (Å²) in [5.74, 6) is -0.472. The van der Waals surface area contributed by atoms with E-state index in [0.29, 0.717) is 6.54 Å². The molecule has 1 aliphatic heterocycles. The van der Waals surface area contributed by atoms with Gasteiger partial charge in [0.25, 0.3) is 0 Å². The van der Waals surface area contributed by atoms with Gasteiger partial charge < -0.3 is 16.0 Å². The van der Waals surface area contributed by atoms with Crippen LogP contribution < -0.4 is 11.1 Å². The monoisotopic (exact) mass is 275 g/mol. The molecule has 0 radical (unpaired) electrons. The Hall–Kier alpha value is -1.88. The molecule has 1 aliphatic rings. The Bertz CT molecular complexity index is 455. The van der Waals surface area contributed by atoms with E-state index < -0.39 is 11.9 Å². The van der Waals surface area contributed by atoms with Gasteiger partial charge in [0.2, 0.25) is 11.8 Å². The van der Waals surface area contributed by atoms with Crippen LogP contribution in [0.1, 0.15) is 24.8 Å². The van der Waals surface area contributed by atoms with Gasteiger partial charge in [0.1, 0.15) is 0 Å². The molecule has 1 heterocycles. The molecule has 2 rings (SSSR count). The molecule has 0 saturated carbocycles. The Labute approximate surface area is 119 Å². The predicted octanol–water partition coefficient (Wildman–Crippen LogP) is 0.643. The molecule has 1 atom stereocenters. The maximum Gasteiger partial charge on any atom is 0.235 e. The summed E-state index contributed by atoms with van der Waals surface area (Å²) in [5, 5.41) is 3.07. The average Bonchev–Trinajstić information content (AvgIpc) is 2.98. The number of nitrogens with zero attached hydrogens (tertiary/aromatic N) is 1. The molecule has 1 unspecified atom stereocenters. The van der Waals surface area contributed by atoms with Crippen molar-refractivity contribution in [3.05, 3.63) is 35.9 Å². The fraction of sp³-hybridized carbons (Fsp3) is 0.467. The number of benzene rings is 1. The second kappa shape index (κ2) is 7.05. The standard InChI is InChI=1S/C15H21N3O2/c16-15(20)13(10-14(19)18-8-4-5-9-18)17-11-12-6-2-1-3-7-12/h1-3,6-7,13,17H,4-5,8-11H2,(H2,16,20). The fourth-order valence-electron chi connectivity index (χ4n) is 2.38. The largest absolute Gasteiger partial charge is 0.368 e. The number of hydrogen-bond donors (Lipinski definition) is 2. The topological polar surface area (TPSA) is 75.4 Å². The molecule has 1 aromatic carbocycles. The highest BCUT2D eigenvalue weighted by atomic mass is 16.2. The van der Waals surface area contributed by atoms with Crippen LogP contribution in [-0.4, -0.2) is 35.8 Å². The van der Waals surface area contributed by atoms with Gasteiger partial charge in [-0.25, -0.2) is 0 Å². The molecular formula is C15H21N3O2. The maximum absolute atomic E-state index is 12.0. The molecule has 0 aliphatic carbocycles. The predicted molar refractivity (Wildman–Crippen MR) is 76.7 cm³/mol. The van der Waals surface area contributed by atoms with Crippen LogP contribution in [0.15, 0.2) is 30.3 Å². The smallest absolute Gasteiger partial charge is 0.235 e. The minimum absolute atomic E-state index is 0.00635. The number of carbonyl (C=O) groups is 2. The molecule has 1 fully saturated rings. The van der Waals surface area contributed by atoms with E-state index in [1.54, 1.807) is 4.90 Å². The number of hydrogen-bond acceptors (Lipinski definition) is 3. The van der Waals surface area contributed by atoms with Crippen LogP contribution in [0.3, 0.4) is 0 Å². The number of primary amides is 1. The van der Waals surface area contributed by atoms with Crippen molar-refractivity contribution < 1.29 is 9.59 Å². The van der Waals surface area contributed by atoms with E-state index in [-0.39, 0.29) is 12.3 Å². The molecule has 1 saturated heterocycles. The maximum atomic E-state index is 12.0. The van der Waals surface area contributed by atoms with Crippen molar-refractivity contribution >= 4 is 11.8 Å². The van der Waals surface area contributed by atoms with E-state index in [0.717, 1.165) is 31.5 Å². The van der Waals surface area contributed by atoms with Crippen LogP contribution in [0.25, 0.3) is 0 Å². The summed E-state index contributed by atoms with van der Waals surface area (Å²) in [5.41, 5.74) is 6.44. The zero-order valence-electron chi connectivity index (χ0n) is 11.5. The SMILES string of the molecule is NC(=O)C(CC(=O)N1CCCC1)NCc1ccccc1. The van der Waals surface area contributed by atoms with Gasteiger partial charge in [-0.15, -0.1) is 0 Å². The van der Waals surface area contributed by atoms with E-state index in [2.05, 4.69) is 5.32 Å². The summed E-state index contributed by atoms with van der Waals surface area (Å²) in [7, 11) is 0. The van der Waals surface area contributed by atoms with E-state index in [1.165, 1.54) is 0 Å². The van der Waals surface area contributed by atoms with Gasteiger partial charge in [-0.1, -0.05) is 30.3 Å². The van der Waals surface area contributed by atoms with Gasteiger partial charge in [0.05, 0.1) is 12.5 Å². The normalized spacial score (nSPS) is 16.1. The fourth-order valence-corrected chi connectivity index (χ4v) is 2.38. The highest BCUT2D eigenvalue weighted by molar-refractivity contribution is 5.87. The van der Waals surface area contributed by atoms with Crippen LogP contribution >= 0.6 is 0 Å². The molecule has 3 N–H and O–H groups in total. The van der Waals surface area contributed by atoms with Crippen molar-refractivity contribution in [3.63, 3.8) is 0 Å². The lowest BCUT2D eigenvalue weighted by Crippen LogP contribution is -2.44. The summed E-state index contributed by atoms with van der Waals surface area (Å²) in [4.78, 5) is 25.3. The lowest BCUT2D eigenvalue weighted by molar-refractivity contribution is -0.133. The van der Waals surface area contributed by atoms with Gasteiger partial charge in [-0.3, -0.25) is 9.59 Å². The molecule has 0 bridgehead atoms. The third kappa shape index (κ3) is 4.06. The van der Waals surface area contributed by atoms with Gasteiger partial charge in [0.15, 0.2) is 0 Å². The quantitative estimate of drug-likeness (QED) is 0.800. The first-order valence-electron chi connectivity index (χ1n) is 7.01. The Morgan fingerprint density at radius 2 is 1.85 bits per heavy atom. The number of nitrogens with one attached hydrogen (secondary N) is 1. The lowest BCUT2D eigenvalue weighted by Gasteiger charge is -2.20. The van der Waals surface area contributed by atoms with E-state index in [9.17, 15) is 9.59 Å². The van der Waals surface area contributed by atoms with Crippen molar-refractivity contribution in [1.82, 2.24) is 10.2 Å². The van der Waals surface area contributed by atoms with Gasteiger partial charge >= 0.3 is 0 Å². The summed E-state index contributed by atoms with van der Waals surface area (Å²) >= 11 is 0. The minimum Gasteiger partial charge on any atom is -0.368 e. The summed E-state index contributed by atoms with van der Waals surface area (Å²) in [6.07, 6.45) is 2.23. The Morgan fingerprint density at radius 3 is 2.45 bits per heavy atom. The van der Waals surface area contributed by atoms with E-state index >= 15 is 0 Å². The van der Waals surface area contributed by atoms with Gasteiger partial charge in [-0.2, -0.15) is 0 Å². The molecule has 20 heavy (non-hydrogen) atoms.